The van der Waals surface area contributed by atoms with Gasteiger partial charge in [-0.2, -0.15) is 13.2 Å². The van der Waals surface area contributed by atoms with E-state index in [9.17, 15) is 22.0 Å². The first kappa shape index (κ1) is 15.1. The molecule has 1 aromatic rings. The van der Waals surface area contributed by atoms with Gasteiger partial charge in [-0.25, -0.2) is 8.78 Å². The molecule has 0 spiro atoms. The van der Waals surface area contributed by atoms with Crippen LogP contribution < -0.4 is 5.73 Å². The van der Waals surface area contributed by atoms with Crippen LogP contribution in [0.15, 0.2) is 18.2 Å². The van der Waals surface area contributed by atoms with Crippen LogP contribution in [0.1, 0.15) is 5.56 Å². The molecule has 0 radical (unpaired) electrons. The molecule has 0 saturated heterocycles. The van der Waals surface area contributed by atoms with Crippen molar-refractivity contribution in [3.8, 4) is 0 Å². The third-order valence-electron chi connectivity index (χ3n) is 1.89. The summed E-state index contributed by atoms with van der Waals surface area (Å²) in [5.74, 6) is -2.46. The Morgan fingerprint density at radius 1 is 1.19 bits per heavy atom. The van der Waals surface area contributed by atoms with E-state index >= 15 is 0 Å². The van der Waals surface area contributed by atoms with Crippen molar-refractivity contribution in [2.45, 2.75) is 18.6 Å². The SMILES string of the molecule is Cl.NC(Cc1cccc(F)c1F)C(F)(F)F. The molecule has 0 bridgehead atoms. The highest BCUT2D eigenvalue weighted by atomic mass is 35.5. The van der Waals surface area contributed by atoms with Gasteiger partial charge in [-0.3, -0.25) is 0 Å². The summed E-state index contributed by atoms with van der Waals surface area (Å²) in [5.41, 5.74) is 4.41. The normalized spacial score (nSPS) is 13.1. The minimum absolute atomic E-state index is 0. The van der Waals surface area contributed by atoms with Crippen molar-refractivity contribution in [2.24, 2.45) is 5.73 Å². The van der Waals surface area contributed by atoms with E-state index in [1.54, 1.807) is 0 Å². The second kappa shape index (κ2) is 5.45. The maximum atomic E-state index is 13.0. The second-order valence-electron chi connectivity index (χ2n) is 3.07. The fourth-order valence-corrected chi connectivity index (χ4v) is 1.06. The molecule has 0 saturated carbocycles. The van der Waals surface area contributed by atoms with Crippen molar-refractivity contribution in [1.82, 2.24) is 0 Å². The first-order valence-corrected chi connectivity index (χ1v) is 4.07. The Kier molecular flexibility index (Phi) is 5.15. The second-order valence-corrected chi connectivity index (χ2v) is 3.07. The van der Waals surface area contributed by atoms with Crippen molar-refractivity contribution in [2.75, 3.05) is 0 Å². The van der Waals surface area contributed by atoms with Gasteiger partial charge in [-0.15, -0.1) is 12.4 Å². The number of hydrogen-bond donors (Lipinski definition) is 1. The Hall–Kier alpha value is -0.880. The minimum Gasteiger partial charge on any atom is -0.320 e. The monoisotopic (exact) mass is 261 g/mol. The molecule has 1 aromatic carbocycles. The Morgan fingerprint density at radius 3 is 2.25 bits per heavy atom. The van der Waals surface area contributed by atoms with E-state index in [1.807, 2.05) is 0 Å². The number of benzene rings is 1. The first-order chi connectivity index (χ1) is 6.82. The molecule has 2 N–H and O–H groups in total. The molecule has 0 aliphatic rings. The average molecular weight is 262 g/mol. The number of halogens is 6. The molecular formula is C9H9ClF5N. The lowest BCUT2D eigenvalue weighted by Gasteiger charge is -2.15. The van der Waals surface area contributed by atoms with Gasteiger partial charge in [0, 0.05) is 0 Å². The molecule has 1 nitrogen and oxygen atoms in total. The summed E-state index contributed by atoms with van der Waals surface area (Å²) in [7, 11) is 0. The van der Waals surface area contributed by atoms with E-state index in [0.717, 1.165) is 18.2 Å². The van der Waals surface area contributed by atoms with Gasteiger partial charge in [0.2, 0.25) is 0 Å². The maximum absolute atomic E-state index is 13.0. The lowest BCUT2D eigenvalue weighted by Crippen LogP contribution is -2.39. The summed E-state index contributed by atoms with van der Waals surface area (Å²) in [6.45, 7) is 0. The quantitative estimate of drug-likeness (QED) is 0.814. The van der Waals surface area contributed by atoms with E-state index in [1.165, 1.54) is 0 Å². The van der Waals surface area contributed by atoms with Gasteiger partial charge in [-0.05, 0) is 18.1 Å². The van der Waals surface area contributed by atoms with Crippen LogP contribution in [0.4, 0.5) is 22.0 Å². The third kappa shape index (κ3) is 3.61. The lowest BCUT2D eigenvalue weighted by molar-refractivity contribution is -0.147. The van der Waals surface area contributed by atoms with Crippen LogP contribution in [0.25, 0.3) is 0 Å². The minimum atomic E-state index is -4.61. The average Bonchev–Trinajstić information content (AvgIpc) is 2.11. The highest BCUT2D eigenvalue weighted by molar-refractivity contribution is 5.85. The van der Waals surface area contributed by atoms with Crippen LogP contribution in [0.5, 0.6) is 0 Å². The van der Waals surface area contributed by atoms with E-state index < -0.39 is 30.3 Å². The van der Waals surface area contributed by atoms with Crippen LogP contribution >= 0.6 is 12.4 Å². The van der Waals surface area contributed by atoms with E-state index in [0.29, 0.717) is 0 Å². The van der Waals surface area contributed by atoms with Crippen LogP contribution in [0.3, 0.4) is 0 Å². The third-order valence-corrected chi connectivity index (χ3v) is 1.89. The fraction of sp³-hybridized carbons (Fsp3) is 0.333. The zero-order valence-corrected chi connectivity index (χ0v) is 8.71. The van der Waals surface area contributed by atoms with Gasteiger partial charge in [0.15, 0.2) is 11.6 Å². The number of nitrogens with two attached hydrogens (primary N) is 1. The zero-order valence-electron chi connectivity index (χ0n) is 7.89. The molecule has 0 amide bonds. The molecule has 7 heteroatoms. The largest absolute Gasteiger partial charge is 0.403 e. The lowest BCUT2D eigenvalue weighted by atomic mass is 10.1. The van der Waals surface area contributed by atoms with Gasteiger partial charge in [0.1, 0.15) is 6.04 Å². The summed E-state index contributed by atoms with van der Waals surface area (Å²) >= 11 is 0. The van der Waals surface area contributed by atoms with Crippen LogP contribution in [0, 0.1) is 11.6 Å². The Morgan fingerprint density at radius 2 is 1.75 bits per heavy atom. The van der Waals surface area contributed by atoms with Crippen molar-refractivity contribution in [1.29, 1.82) is 0 Å². The number of alkyl halides is 3. The molecule has 0 heterocycles. The van der Waals surface area contributed by atoms with Crippen LogP contribution in [0.2, 0.25) is 0 Å². The Balaban J connectivity index is 0.00000225. The van der Waals surface area contributed by atoms with Crippen molar-refractivity contribution in [3.63, 3.8) is 0 Å². The molecule has 16 heavy (non-hydrogen) atoms. The Labute approximate surface area is 94.8 Å². The number of rotatable bonds is 2. The van der Waals surface area contributed by atoms with Gasteiger partial charge in [-0.1, -0.05) is 12.1 Å². The smallest absolute Gasteiger partial charge is 0.320 e. The molecule has 0 fully saturated rings. The van der Waals surface area contributed by atoms with Crippen molar-refractivity contribution in [3.05, 3.63) is 35.4 Å². The highest BCUT2D eigenvalue weighted by Crippen LogP contribution is 2.22. The van der Waals surface area contributed by atoms with Gasteiger partial charge in [0.05, 0.1) is 0 Å². The van der Waals surface area contributed by atoms with E-state index in [-0.39, 0.29) is 18.0 Å². The van der Waals surface area contributed by atoms with E-state index in [2.05, 4.69) is 0 Å². The van der Waals surface area contributed by atoms with Crippen molar-refractivity contribution < 1.29 is 22.0 Å². The van der Waals surface area contributed by atoms with Crippen LogP contribution in [-0.2, 0) is 6.42 Å². The fourth-order valence-electron chi connectivity index (χ4n) is 1.06. The highest BCUT2D eigenvalue weighted by Gasteiger charge is 2.37. The zero-order chi connectivity index (χ0) is 11.6. The molecule has 0 aromatic heterocycles. The Bertz CT molecular complexity index is 352. The molecule has 1 rings (SSSR count). The topological polar surface area (TPSA) is 26.0 Å². The standard InChI is InChI=1S/C9H8F5N.ClH/c10-6-3-1-2-5(8(6)11)4-7(15)9(12,13)14;/h1-3,7H,4,15H2;1H. The van der Waals surface area contributed by atoms with Crippen molar-refractivity contribution >= 4 is 12.4 Å². The molecule has 1 atom stereocenters. The summed E-state index contributed by atoms with van der Waals surface area (Å²) < 4.78 is 61.7. The molecular weight excluding hydrogens is 253 g/mol. The van der Waals surface area contributed by atoms with Gasteiger partial charge < -0.3 is 5.73 Å². The number of hydrogen-bond acceptors (Lipinski definition) is 1. The van der Waals surface area contributed by atoms with E-state index in [4.69, 9.17) is 5.73 Å². The van der Waals surface area contributed by atoms with Gasteiger partial charge in [0.25, 0.3) is 0 Å². The predicted molar refractivity (Wildman–Crippen MR) is 51.3 cm³/mol. The molecule has 0 aliphatic heterocycles. The summed E-state index contributed by atoms with van der Waals surface area (Å²) in [6.07, 6.45) is -5.38. The summed E-state index contributed by atoms with van der Waals surface area (Å²) in [6, 6.07) is 0.854. The molecule has 0 aliphatic carbocycles. The van der Waals surface area contributed by atoms with Gasteiger partial charge >= 0.3 is 6.18 Å². The molecule has 92 valence electrons. The predicted octanol–water partition coefficient (Wildman–Crippen LogP) is 2.82. The maximum Gasteiger partial charge on any atom is 0.403 e. The molecule has 1 unspecified atom stereocenters. The summed E-state index contributed by atoms with van der Waals surface area (Å²) in [5, 5.41) is 0. The summed E-state index contributed by atoms with van der Waals surface area (Å²) in [4.78, 5) is 0. The van der Waals surface area contributed by atoms with Crippen LogP contribution in [-0.4, -0.2) is 12.2 Å². The first-order valence-electron chi connectivity index (χ1n) is 4.07.